The molecule has 19 heavy (non-hydrogen) atoms. The fraction of sp³-hybridized carbons (Fsp3) is 0.938. The van der Waals surface area contributed by atoms with E-state index >= 15 is 0 Å². The molecule has 0 spiro atoms. The first-order valence-electron chi connectivity index (χ1n) is 7.81. The first-order chi connectivity index (χ1) is 9.07. The molecule has 0 saturated heterocycles. The maximum absolute atomic E-state index is 12.4. The standard InChI is InChI=1S/C16H26O2S/c1-10-5-7-16-8-6-12(17)15(16)11(10)3-4-14(19-2)13(18)9-16/h10-11,13-15,18H,3-9H2,1-2H3/t10-,11?,13+,14?,15?,16?/m1/s1. The normalized spacial score (nSPS) is 50.5. The van der Waals surface area contributed by atoms with Crippen molar-refractivity contribution in [1.82, 2.24) is 0 Å². The van der Waals surface area contributed by atoms with Gasteiger partial charge in [0, 0.05) is 17.6 Å². The van der Waals surface area contributed by atoms with Crippen LogP contribution in [0.1, 0.15) is 51.9 Å². The Balaban J connectivity index is 1.94. The van der Waals surface area contributed by atoms with E-state index in [1.165, 1.54) is 12.8 Å². The lowest BCUT2D eigenvalue weighted by Gasteiger charge is -2.50. The highest BCUT2D eigenvalue weighted by Gasteiger charge is 2.56. The molecule has 3 aliphatic carbocycles. The average Bonchev–Trinajstić information content (AvgIpc) is 2.69. The molecule has 0 aliphatic heterocycles. The molecule has 0 aromatic rings. The van der Waals surface area contributed by atoms with Gasteiger partial charge in [0.05, 0.1) is 6.10 Å². The topological polar surface area (TPSA) is 37.3 Å². The molecule has 4 unspecified atom stereocenters. The lowest BCUT2D eigenvalue weighted by atomic mass is 9.56. The Bertz CT molecular complexity index is 370. The molecule has 2 bridgehead atoms. The highest BCUT2D eigenvalue weighted by Crippen LogP contribution is 2.59. The zero-order valence-electron chi connectivity index (χ0n) is 12.1. The smallest absolute Gasteiger partial charge is 0.136 e. The fourth-order valence-corrected chi connectivity index (χ4v) is 5.99. The molecule has 0 heterocycles. The van der Waals surface area contributed by atoms with Crippen LogP contribution in [0.2, 0.25) is 0 Å². The molecule has 0 radical (unpaired) electrons. The minimum Gasteiger partial charge on any atom is -0.392 e. The van der Waals surface area contributed by atoms with E-state index in [2.05, 4.69) is 13.2 Å². The van der Waals surface area contributed by atoms with E-state index in [0.29, 0.717) is 22.9 Å². The number of carbonyl (C=O) groups is 1. The van der Waals surface area contributed by atoms with E-state index in [0.717, 1.165) is 32.1 Å². The predicted octanol–water partition coefficient (Wildman–Crippen LogP) is 3.27. The number of Topliss-reactive ketones (excluding diaryl/α,β-unsaturated/α-hetero) is 1. The van der Waals surface area contributed by atoms with Gasteiger partial charge in [-0.05, 0) is 62.0 Å². The Kier molecular flexibility index (Phi) is 3.72. The maximum Gasteiger partial charge on any atom is 0.136 e. The van der Waals surface area contributed by atoms with Crippen LogP contribution in [0.15, 0.2) is 0 Å². The average molecular weight is 282 g/mol. The van der Waals surface area contributed by atoms with Crippen molar-refractivity contribution in [2.24, 2.45) is 23.2 Å². The van der Waals surface area contributed by atoms with E-state index in [1.807, 2.05) is 11.8 Å². The Morgan fingerprint density at radius 1 is 1.26 bits per heavy atom. The van der Waals surface area contributed by atoms with E-state index in [-0.39, 0.29) is 17.4 Å². The monoisotopic (exact) mass is 282 g/mol. The summed E-state index contributed by atoms with van der Waals surface area (Å²) in [7, 11) is 0. The Morgan fingerprint density at radius 3 is 2.79 bits per heavy atom. The third-order valence-electron chi connectivity index (χ3n) is 6.26. The van der Waals surface area contributed by atoms with Crippen LogP contribution in [0.5, 0.6) is 0 Å². The van der Waals surface area contributed by atoms with Gasteiger partial charge in [-0.15, -0.1) is 0 Å². The van der Waals surface area contributed by atoms with Crippen LogP contribution in [0.25, 0.3) is 0 Å². The molecule has 0 aromatic carbocycles. The number of aliphatic hydroxyl groups is 1. The third-order valence-corrected chi connectivity index (χ3v) is 7.42. The van der Waals surface area contributed by atoms with Gasteiger partial charge in [0.15, 0.2) is 0 Å². The molecular weight excluding hydrogens is 256 g/mol. The van der Waals surface area contributed by atoms with Gasteiger partial charge in [-0.3, -0.25) is 4.79 Å². The number of ketones is 1. The van der Waals surface area contributed by atoms with Gasteiger partial charge in [0.25, 0.3) is 0 Å². The Morgan fingerprint density at radius 2 is 2.05 bits per heavy atom. The molecule has 1 N–H and O–H groups in total. The SMILES string of the molecule is CSC1CCC2C3C(=O)CCC3(CC[C@H]2C)C[C@@H]1O. The molecule has 3 rings (SSSR count). The predicted molar refractivity (Wildman–Crippen MR) is 79.2 cm³/mol. The molecule has 0 aromatic heterocycles. The second-order valence-electron chi connectivity index (χ2n) is 7.11. The zero-order chi connectivity index (χ0) is 13.6. The molecule has 3 aliphatic rings. The highest BCUT2D eigenvalue weighted by atomic mass is 32.2. The van der Waals surface area contributed by atoms with Crippen molar-refractivity contribution in [2.45, 2.75) is 63.2 Å². The van der Waals surface area contributed by atoms with Crippen LogP contribution in [0.4, 0.5) is 0 Å². The summed E-state index contributed by atoms with van der Waals surface area (Å²) in [5.41, 5.74) is 0.155. The number of aliphatic hydroxyl groups excluding tert-OH is 1. The van der Waals surface area contributed by atoms with Crippen LogP contribution >= 0.6 is 11.8 Å². The summed E-state index contributed by atoms with van der Waals surface area (Å²) >= 11 is 1.81. The highest BCUT2D eigenvalue weighted by molar-refractivity contribution is 7.99. The van der Waals surface area contributed by atoms with Crippen LogP contribution in [-0.2, 0) is 4.79 Å². The number of hydrogen-bond acceptors (Lipinski definition) is 3. The second kappa shape index (κ2) is 5.07. The minimum atomic E-state index is -0.210. The van der Waals surface area contributed by atoms with Gasteiger partial charge in [-0.1, -0.05) is 6.92 Å². The first-order valence-corrected chi connectivity index (χ1v) is 9.10. The van der Waals surface area contributed by atoms with Crippen LogP contribution in [0.3, 0.4) is 0 Å². The molecular formula is C16H26O2S. The molecule has 3 saturated carbocycles. The Labute approximate surface area is 120 Å². The zero-order valence-corrected chi connectivity index (χ0v) is 12.9. The van der Waals surface area contributed by atoms with Crippen LogP contribution < -0.4 is 0 Å². The summed E-state index contributed by atoms with van der Waals surface area (Å²) in [6.45, 7) is 2.34. The summed E-state index contributed by atoms with van der Waals surface area (Å²) < 4.78 is 0. The molecule has 3 heteroatoms. The van der Waals surface area contributed by atoms with Crippen molar-refractivity contribution in [1.29, 1.82) is 0 Å². The van der Waals surface area contributed by atoms with Gasteiger partial charge >= 0.3 is 0 Å². The van der Waals surface area contributed by atoms with Gasteiger partial charge in [0.2, 0.25) is 0 Å². The number of hydrogen-bond donors (Lipinski definition) is 1. The lowest BCUT2D eigenvalue weighted by Crippen LogP contribution is -2.47. The quantitative estimate of drug-likeness (QED) is 0.802. The van der Waals surface area contributed by atoms with E-state index in [1.54, 1.807) is 0 Å². The van der Waals surface area contributed by atoms with Gasteiger partial charge in [-0.25, -0.2) is 0 Å². The number of rotatable bonds is 1. The van der Waals surface area contributed by atoms with Crippen molar-refractivity contribution >= 4 is 17.5 Å². The van der Waals surface area contributed by atoms with Crippen molar-refractivity contribution in [2.75, 3.05) is 6.26 Å². The van der Waals surface area contributed by atoms with Crippen molar-refractivity contribution in [3.05, 3.63) is 0 Å². The fourth-order valence-electron chi connectivity index (χ4n) is 5.21. The van der Waals surface area contributed by atoms with Gasteiger partial charge in [0.1, 0.15) is 5.78 Å². The molecule has 2 nitrogen and oxygen atoms in total. The second-order valence-corrected chi connectivity index (χ2v) is 8.19. The summed E-state index contributed by atoms with van der Waals surface area (Å²) in [4.78, 5) is 12.4. The summed E-state index contributed by atoms with van der Waals surface area (Å²) in [5, 5.41) is 10.9. The van der Waals surface area contributed by atoms with Crippen LogP contribution in [0, 0.1) is 23.2 Å². The van der Waals surface area contributed by atoms with E-state index in [4.69, 9.17) is 0 Å². The van der Waals surface area contributed by atoms with Crippen molar-refractivity contribution in [3.63, 3.8) is 0 Å². The van der Waals surface area contributed by atoms with E-state index in [9.17, 15) is 9.90 Å². The first kappa shape index (κ1) is 13.9. The number of thioether (sulfide) groups is 1. The lowest BCUT2D eigenvalue weighted by molar-refractivity contribution is -0.129. The minimum absolute atomic E-state index is 0.155. The van der Waals surface area contributed by atoms with Crippen molar-refractivity contribution in [3.8, 4) is 0 Å². The van der Waals surface area contributed by atoms with Gasteiger partial charge in [-0.2, -0.15) is 11.8 Å². The largest absolute Gasteiger partial charge is 0.392 e. The van der Waals surface area contributed by atoms with E-state index < -0.39 is 0 Å². The molecule has 0 amide bonds. The molecule has 108 valence electrons. The summed E-state index contributed by atoms with van der Waals surface area (Å²) in [6.07, 6.45) is 9.23. The summed E-state index contributed by atoms with van der Waals surface area (Å²) in [5.74, 6) is 2.06. The molecule has 3 fully saturated rings. The van der Waals surface area contributed by atoms with Gasteiger partial charge < -0.3 is 5.11 Å². The Hall–Kier alpha value is -0.0200. The molecule has 6 atom stereocenters. The summed E-state index contributed by atoms with van der Waals surface area (Å²) in [6, 6.07) is 0. The van der Waals surface area contributed by atoms with Crippen molar-refractivity contribution < 1.29 is 9.90 Å². The third kappa shape index (κ3) is 2.17. The number of carbonyl (C=O) groups excluding carboxylic acids is 1. The van der Waals surface area contributed by atoms with Crippen LogP contribution in [-0.4, -0.2) is 28.5 Å². The maximum atomic E-state index is 12.4.